The van der Waals surface area contributed by atoms with Gasteiger partial charge in [0.1, 0.15) is 25.1 Å². The minimum Gasteiger partial charge on any atom is -0.497 e. The number of aliphatic hydroxyl groups excluding tert-OH is 2. The number of aliphatic hydroxyl groups is 2. The fourth-order valence-electron chi connectivity index (χ4n) is 3.82. The molecule has 1 aliphatic carbocycles. The number of methoxy groups -OCH3 is 1. The van der Waals surface area contributed by atoms with Crippen LogP contribution in [-0.4, -0.2) is 54.7 Å². The van der Waals surface area contributed by atoms with Gasteiger partial charge in [-0.1, -0.05) is 12.1 Å². The molecule has 0 radical (unpaired) electrons. The van der Waals surface area contributed by atoms with Crippen molar-refractivity contribution in [3.63, 3.8) is 0 Å². The Hall–Kier alpha value is -2.77. The highest BCUT2D eigenvalue weighted by molar-refractivity contribution is 5.95. The van der Waals surface area contributed by atoms with Crippen molar-refractivity contribution in [2.45, 2.75) is 30.6 Å². The molecular formula is C21H23NO6. The second-order valence-electron chi connectivity index (χ2n) is 7.03. The fraction of sp³-hybridized carbons (Fsp3) is 0.381. The van der Waals surface area contributed by atoms with Gasteiger partial charge in [-0.3, -0.25) is 4.79 Å². The summed E-state index contributed by atoms with van der Waals surface area (Å²) in [6.45, 7) is 0.916. The second kappa shape index (κ2) is 7.69. The van der Waals surface area contributed by atoms with Crippen molar-refractivity contribution in [1.29, 1.82) is 0 Å². The molecule has 4 rings (SSSR count). The maximum atomic E-state index is 12.8. The van der Waals surface area contributed by atoms with Gasteiger partial charge in [0.2, 0.25) is 0 Å². The molecule has 1 amide bonds. The summed E-state index contributed by atoms with van der Waals surface area (Å²) in [5.41, 5.74) is 1.33. The summed E-state index contributed by atoms with van der Waals surface area (Å²) < 4.78 is 16.2. The Kier molecular flexibility index (Phi) is 5.11. The summed E-state index contributed by atoms with van der Waals surface area (Å²) in [4.78, 5) is 12.8. The first-order valence-electron chi connectivity index (χ1n) is 9.27. The highest BCUT2D eigenvalue weighted by Crippen LogP contribution is 2.36. The average Bonchev–Trinajstić information content (AvgIpc) is 3.01. The van der Waals surface area contributed by atoms with Gasteiger partial charge in [0.15, 0.2) is 11.5 Å². The van der Waals surface area contributed by atoms with E-state index in [1.54, 1.807) is 25.3 Å². The van der Waals surface area contributed by atoms with Gasteiger partial charge in [-0.05, 0) is 42.3 Å². The van der Waals surface area contributed by atoms with Gasteiger partial charge in [0, 0.05) is 11.5 Å². The number of nitrogens with one attached hydrogen (secondary N) is 1. The number of carbonyl (C=O) groups is 1. The largest absolute Gasteiger partial charge is 0.497 e. The van der Waals surface area contributed by atoms with Crippen molar-refractivity contribution in [2.24, 2.45) is 0 Å². The van der Waals surface area contributed by atoms with Gasteiger partial charge in [-0.2, -0.15) is 0 Å². The lowest BCUT2D eigenvalue weighted by molar-refractivity contribution is 0.0294. The van der Waals surface area contributed by atoms with E-state index in [0.29, 0.717) is 36.7 Å². The van der Waals surface area contributed by atoms with Gasteiger partial charge in [-0.25, -0.2) is 0 Å². The minimum atomic E-state index is -1.05. The molecule has 1 aliphatic heterocycles. The van der Waals surface area contributed by atoms with Gasteiger partial charge in [0.25, 0.3) is 5.91 Å². The van der Waals surface area contributed by atoms with Crippen LogP contribution in [0, 0.1) is 0 Å². The summed E-state index contributed by atoms with van der Waals surface area (Å²) in [5, 5.41) is 23.5. The van der Waals surface area contributed by atoms with E-state index in [-0.39, 0.29) is 11.8 Å². The molecule has 1 fully saturated rings. The molecule has 2 aromatic rings. The molecule has 0 spiro atoms. The summed E-state index contributed by atoms with van der Waals surface area (Å²) in [5.74, 6) is 1.30. The molecule has 0 saturated heterocycles. The van der Waals surface area contributed by atoms with Crippen LogP contribution in [0.5, 0.6) is 17.2 Å². The van der Waals surface area contributed by atoms with Crippen molar-refractivity contribution in [1.82, 2.24) is 5.32 Å². The first kappa shape index (κ1) is 18.6. The van der Waals surface area contributed by atoms with Gasteiger partial charge in [-0.15, -0.1) is 0 Å². The number of hydrogen-bond donors (Lipinski definition) is 3. The van der Waals surface area contributed by atoms with Crippen LogP contribution in [0.1, 0.15) is 28.3 Å². The summed E-state index contributed by atoms with van der Waals surface area (Å²) in [7, 11) is 1.59. The highest BCUT2D eigenvalue weighted by Gasteiger charge is 2.43. The Labute approximate surface area is 162 Å². The minimum absolute atomic E-state index is 0.211. The molecule has 4 atom stereocenters. The molecule has 7 heteroatoms. The third kappa shape index (κ3) is 3.50. The van der Waals surface area contributed by atoms with E-state index in [0.717, 1.165) is 11.3 Å². The van der Waals surface area contributed by atoms with Crippen LogP contribution in [0.4, 0.5) is 0 Å². The Bertz CT molecular complexity index is 852. The first-order chi connectivity index (χ1) is 13.6. The number of ether oxygens (including phenoxy) is 3. The molecule has 2 aromatic carbocycles. The molecule has 0 aromatic heterocycles. The second-order valence-corrected chi connectivity index (χ2v) is 7.03. The van der Waals surface area contributed by atoms with Crippen LogP contribution < -0.4 is 19.5 Å². The van der Waals surface area contributed by atoms with Crippen molar-refractivity contribution in [2.75, 3.05) is 20.3 Å². The summed E-state index contributed by atoms with van der Waals surface area (Å²) in [6.07, 6.45) is -1.59. The van der Waals surface area contributed by atoms with Crippen LogP contribution in [0.25, 0.3) is 0 Å². The fourth-order valence-corrected chi connectivity index (χ4v) is 3.82. The lowest BCUT2D eigenvalue weighted by Gasteiger charge is -2.24. The van der Waals surface area contributed by atoms with Gasteiger partial charge in [0.05, 0.1) is 19.3 Å². The van der Waals surface area contributed by atoms with E-state index in [1.165, 1.54) is 0 Å². The molecule has 148 valence electrons. The van der Waals surface area contributed by atoms with Crippen LogP contribution in [-0.2, 0) is 0 Å². The van der Waals surface area contributed by atoms with E-state index in [2.05, 4.69) is 5.32 Å². The molecular weight excluding hydrogens is 362 g/mol. The molecule has 3 N–H and O–H groups in total. The van der Waals surface area contributed by atoms with E-state index in [1.807, 2.05) is 24.3 Å². The number of fused-ring (bicyclic) bond motifs is 1. The van der Waals surface area contributed by atoms with Crippen LogP contribution in [0.15, 0.2) is 42.5 Å². The predicted octanol–water partition coefficient (Wildman–Crippen LogP) is 1.47. The number of rotatable bonds is 4. The van der Waals surface area contributed by atoms with Crippen molar-refractivity contribution < 1.29 is 29.2 Å². The maximum absolute atomic E-state index is 12.8. The molecule has 2 aliphatic rings. The Morgan fingerprint density at radius 3 is 2.50 bits per heavy atom. The van der Waals surface area contributed by atoms with E-state index in [9.17, 15) is 15.0 Å². The Morgan fingerprint density at radius 1 is 1.07 bits per heavy atom. The standard InChI is InChI=1S/C21H23NO6/c1-26-14-5-2-12(3-6-14)15-11-16(23)20(24)19(15)22-21(25)13-4-7-17-18(10-13)28-9-8-27-17/h2-7,10,15-16,19-20,23-24H,8-9,11H2,1H3,(H,22,25)/t15-,16-,19-,20-/m1/s1. The summed E-state index contributed by atoms with van der Waals surface area (Å²) >= 11 is 0. The zero-order chi connectivity index (χ0) is 19.7. The van der Waals surface area contributed by atoms with Crippen molar-refractivity contribution in [3.8, 4) is 17.2 Å². The molecule has 0 unspecified atom stereocenters. The lowest BCUT2D eigenvalue weighted by Crippen LogP contribution is -2.45. The monoisotopic (exact) mass is 385 g/mol. The number of carbonyl (C=O) groups excluding carboxylic acids is 1. The van der Waals surface area contributed by atoms with E-state index < -0.39 is 18.2 Å². The van der Waals surface area contributed by atoms with Crippen LogP contribution >= 0.6 is 0 Å². The molecule has 1 heterocycles. The zero-order valence-corrected chi connectivity index (χ0v) is 15.5. The van der Waals surface area contributed by atoms with Crippen LogP contribution in [0.3, 0.4) is 0 Å². The average molecular weight is 385 g/mol. The molecule has 1 saturated carbocycles. The third-order valence-corrected chi connectivity index (χ3v) is 5.34. The lowest BCUT2D eigenvalue weighted by atomic mass is 9.93. The smallest absolute Gasteiger partial charge is 0.251 e. The number of amides is 1. The van der Waals surface area contributed by atoms with Crippen molar-refractivity contribution >= 4 is 5.91 Å². The Morgan fingerprint density at radius 2 is 1.79 bits per heavy atom. The Balaban J connectivity index is 1.54. The quantitative estimate of drug-likeness (QED) is 0.738. The summed E-state index contributed by atoms with van der Waals surface area (Å²) in [6, 6.07) is 11.8. The number of benzene rings is 2. The highest BCUT2D eigenvalue weighted by atomic mass is 16.6. The zero-order valence-electron chi connectivity index (χ0n) is 15.5. The predicted molar refractivity (Wildman–Crippen MR) is 101 cm³/mol. The molecule has 0 bridgehead atoms. The molecule has 28 heavy (non-hydrogen) atoms. The van der Waals surface area contributed by atoms with Crippen molar-refractivity contribution in [3.05, 3.63) is 53.6 Å². The van der Waals surface area contributed by atoms with Gasteiger partial charge < -0.3 is 29.7 Å². The maximum Gasteiger partial charge on any atom is 0.251 e. The SMILES string of the molecule is COc1ccc([C@H]2C[C@@H](O)[C@@H](O)[C@@H]2NC(=O)c2ccc3c(c2)OCCO3)cc1. The number of hydrogen-bond acceptors (Lipinski definition) is 6. The van der Waals surface area contributed by atoms with E-state index >= 15 is 0 Å². The topological polar surface area (TPSA) is 97.2 Å². The normalized spacial score (nSPS) is 26.0. The van der Waals surface area contributed by atoms with E-state index in [4.69, 9.17) is 14.2 Å². The third-order valence-electron chi connectivity index (χ3n) is 5.34. The molecule has 7 nitrogen and oxygen atoms in total. The van der Waals surface area contributed by atoms with Crippen LogP contribution in [0.2, 0.25) is 0 Å². The first-order valence-corrected chi connectivity index (χ1v) is 9.27. The van der Waals surface area contributed by atoms with Gasteiger partial charge >= 0.3 is 0 Å².